The molecule has 4 unspecified atom stereocenters. The maximum Gasteiger partial charge on any atom is 0.303 e. The Morgan fingerprint density at radius 2 is 1.10 bits per heavy atom. The lowest BCUT2D eigenvalue weighted by atomic mass is 9.65. The van der Waals surface area contributed by atoms with E-state index in [2.05, 4.69) is 0 Å². The summed E-state index contributed by atoms with van der Waals surface area (Å²) < 4.78 is 60.9. The first-order valence-corrected chi connectivity index (χ1v) is 16.6. The van der Waals surface area contributed by atoms with Gasteiger partial charge in [0.25, 0.3) is 0 Å². The van der Waals surface area contributed by atoms with Gasteiger partial charge in [0, 0.05) is 60.9 Å². The van der Waals surface area contributed by atoms with E-state index < -0.39 is 102 Å². The number of hydrogen-bond acceptors (Lipinski definition) is 17. The average molecular weight is 716 g/mol. The van der Waals surface area contributed by atoms with E-state index in [1.54, 1.807) is 6.92 Å². The fourth-order valence-corrected chi connectivity index (χ4v) is 7.68. The molecule has 282 valence electrons. The molecule has 4 aliphatic heterocycles. The Kier molecular flexibility index (Phi) is 11.9. The highest BCUT2D eigenvalue weighted by Gasteiger charge is 2.76. The number of carbonyl (C=O) groups is 6. The Morgan fingerprint density at radius 1 is 0.620 bits per heavy atom. The Morgan fingerprint density at radius 3 is 1.62 bits per heavy atom. The number of nitrogens with zero attached hydrogens (tertiary/aromatic N) is 1. The van der Waals surface area contributed by atoms with Gasteiger partial charge in [-0.15, -0.1) is 0 Å². The highest BCUT2D eigenvalue weighted by atomic mass is 16.8. The molecule has 2 aliphatic carbocycles. The van der Waals surface area contributed by atoms with Gasteiger partial charge in [-0.3, -0.25) is 28.8 Å². The minimum Gasteiger partial charge on any atom is -0.463 e. The third kappa shape index (κ3) is 7.76. The molecular weight excluding hydrogens is 666 g/mol. The summed E-state index contributed by atoms with van der Waals surface area (Å²) >= 11 is 0. The minimum absolute atomic E-state index is 0.0372. The molecule has 2 saturated carbocycles. The SMILES string of the molecule is CC(=O)OC[C@@H]1O[C@]2(OC34CC[C@](OCCN(C)C)(O[C@H]3COC(C)=O)[C@@H](OC(C)=O)C4OC(C)=O)CCC1(OC(C)=O)C(OC(C)=O)[C@@H]2C. The summed E-state index contributed by atoms with van der Waals surface area (Å²) in [6, 6.07) is 0. The molecule has 4 saturated heterocycles. The zero-order chi connectivity index (χ0) is 37.2. The summed E-state index contributed by atoms with van der Waals surface area (Å²) in [5.74, 6) is -8.30. The summed E-state index contributed by atoms with van der Waals surface area (Å²) in [6.45, 7) is 8.68. The third-order valence-electron chi connectivity index (χ3n) is 9.66. The van der Waals surface area contributed by atoms with Gasteiger partial charge in [0.05, 0.1) is 12.5 Å². The second kappa shape index (κ2) is 15.1. The smallest absolute Gasteiger partial charge is 0.303 e. The maximum atomic E-state index is 12.8. The van der Waals surface area contributed by atoms with Crippen molar-refractivity contribution in [3.8, 4) is 0 Å². The van der Waals surface area contributed by atoms with Crippen molar-refractivity contribution in [3.63, 3.8) is 0 Å². The Balaban J connectivity index is 1.88. The van der Waals surface area contributed by atoms with Crippen molar-refractivity contribution in [2.45, 2.75) is 127 Å². The summed E-state index contributed by atoms with van der Waals surface area (Å²) in [5, 5.41) is 0. The van der Waals surface area contributed by atoms with Crippen LogP contribution in [-0.4, -0.2) is 134 Å². The Labute approximate surface area is 290 Å². The standard InChI is InChI=1S/C33H49NO16/c1-18-27(44-21(4)37)30(47-24(7)40)10-12-32(18,48-25(30)16-41-19(2)35)50-31-11-13-33(43-15-14-34(8)9,49-26(31)17-42-20(3)36)29(46-23(6)39)28(31)45-22(5)38/h18,25-29H,10-17H2,1-9H3/t18-,25-,26-,27?,28?,29-,30?,31?,32-,33-/m0/s1. The molecule has 17 heteroatoms. The lowest BCUT2D eigenvalue weighted by Crippen LogP contribution is -2.82. The van der Waals surface area contributed by atoms with Crippen molar-refractivity contribution in [3.05, 3.63) is 0 Å². The van der Waals surface area contributed by atoms with Crippen LogP contribution in [0.5, 0.6) is 0 Å². The number of carbonyl (C=O) groups excluding carboxylic acids is 6. The number of hydrogen-bond donors (Lipinski definition) is 0. The normalized spacial score (nSPS) is 37.1. The van der Waals surface area contributed by atoms with E-state index in [0.29, 0.717) is 6.54 Å². The van der Waals surface area contributed by atoms with Crippen molar-refractivity contribution < 1.29 is 76.1 Å². The van der Waals surface area contributed by atoms with Gasteiger partial charge in [-0.25, -0.2) is 0 Å². The molecule has 0 spiro atoms. The van der Waals surface area contributed by atoms with Crippen LogP contribution in [-0.2, 0) is 76.1 Å². The molecule has 6 rings (SSSR count). The molecule has 17 nitrogen and oxygen atoms in total. The maximum absolute atomic E-state index is 12.8. The van der Waals surface area contributed by atoms with Crippen molar-refractivity contribution >= 4 is 35.8 Å². The fourth-order valence-electron chi connectivity index (χ4n) is 7.68. The highest BCUT2D eigenvalue weighted by molar-refractivity contribution is 5.69. The molecule has 0 aromatic heterocycles. The molecule has 4 heterocycles. The highest BCUT2D eigenvalue weighted by Crippen LogP contribution is 2.60. The van der Waals surface area contributed by atoms with Crippen LogP contribution in [0.25, 0.3) is 0 Å². The second-order valence-electron chi connectivity index (χ2n) is 13.6. The summed E-state index contributed by atoms with van der Waals surface area (Å²) in [5.41, 5.74) is -3.29. The van der Waals surface area contributed by atoms with Crippen molar-refractivity contribution in [2.24, 2.45) is 5.92 Å². The molecular formula is C33H49NO16. The largest absolute Gasteiger partial charge is 0.463 e. The van der Waals surface area contributed by atoms with Crippen molar-refractivity contribution in [1.29, 1.82) is 0 Å². The van der Waals surface area contributed by atoms with Gasteiger partial charge in [0.1, 0.15) is 31.0 Å². The number of fused-ring (bicyclic) bond motifs is 6. The molecule has 6 fully saturated rings. The van der Waals surface area contributed by atoms with Gasteiger partial charge in [0.15, 0.2) is 29.7 Å². The zero-order valence-electron chi connectivity index (χ0n) is 30.1. The summed E-state index contributed by atoms with van der Waals surface area (Å²) in [6.07, 6.45) is -6.04. The first kappa shape index (κ1) is 39.4. The third-order valence-corrected chi connectivity index (χ3v) is 9.66. The molecule has 4 bridgehead atoms. The molecule has 10 atom stereocenters. The lowest BCUT2D eigenvalue weighted by molar-refractivity contribution is -0.480. The van der Waals surface area contributed by atoms with Crippen LogP contribution < -0.4 is 0 Å². The van der Waals surface area contributed by atoms with E-state index in [1.807, 2.05) is 19.0 Å². The van der Waals surface area contributed by atoms with Crippen molar-refractivity contribution in [1.82, 2.24) is 4.90 Å². The van der Waals surface area contributed by atoms with Crippen molar-refractivity contribution in [2.75, 3.05) is 40.5 Å². The molecule has 0 N–H and O–H groups in total. The van der Waals surface area contributed by atoms with Crippen LogP contribution in [0.2, 0.25) is 0 Å². The molecule has 50 heavy (non-hydrogen) atoms. The van der Waals surface area contributed by atoms with Crippen LogP contribution in [0.4, 0.5) is 0 Å². The van der Waals surface area contributed by atoms with Crippen LogP contribution in [0.3, 0.4) is 0 Å². The van der Waals surface area contributed by atoms with E-state index in [1.165, 1.54) is 41.5 Å². The van der Waals surface area contributed by atoms with E-state index in [-0.39, 0.29) is 38.9 Å². The molecule has 0 amide bonds. The van der Waals surface area contributed by atoms with Gasteiger partial charge in [-0.1, -0.05) is 6.92 Å². The Bertz CT molecular complexity index is 1340. The van der Waals surface area contributed by atoms with Gasteiger partial charge < -0.3 is 52.3 Å². The first-order chi connectivity index (χ1) is 23.3. The first-order valence-electron chi connectivity index (χ1n) is 16.6. The van der Waals surface area contributed by atoms with Gasteiger partial charge in [-0.05, 0) is 26.9 Å². The van der Waals surface area contributed by atoms with Crippen LogP contribution >= 0.6 is 0 Å². The summed E-state index contributed by atoms with van der Waals surface area (Å²) in [7, 11) is 3.69. The number of esters is 6. The van der Waals surface area contributed by atoms with Gasteiger partial charge in [0.2, 0.25) is 5.79 Å². The Hall–Kier alpha value is -3.38. The molecule has 0 aromatic rings. The minimum atomic E-state index is -1.73. The molecule has 0 radical (unpaired) electrons. The fraction of sp³-hybridized carbons (Fsp3) is 0.818. The van der Waals surface area contributed by atoms with E-state index in [0.717, 1.165) is 0 Å². The number of rotatable bonds is 14. The van der Waals surface area contributed by atoms with Crippen LogP contribution in [0, 0.1) is 5.92 Å². The zero-order valence-corrected chi connectivity index (χ0v) is 30.1. The number of likely N-dealkylation sites (N-methyl/N-ethyl adjacent to an activating group) is 1. The van der Waals surface area contributed by atoms with E-state index >= 15 is 0 Å². The number of ether oxygens (including phenoxy) is 10. The van der Waals surface area contributed by atoms with Gasteiger partial charge >= 0.3 is 35.8 Å². The second-order valence-corrected chi connectivity index (χ2v) is 13.6. The predicted molar refractivity (Wildman–Crippen MR) is 166 cm³/mol. The summed E-state index contributed by atoms with van der Waals surface area (Å²) in [4.78, 5) is 76.4. The monoisotopic (exact) mass is 715 g/mol. The van der Waals surface area contributed by atoms with Gasteiger partial charge in [-0.2, -0.15) is 0 Å². The topological polar surface area (TPSA) is 198 Å². The molecule has 6 aliphatic rings. The van der Waals surface area contributed by atoms with Crippen LogP contribution in [0.15, 0.2) is 0 Å². The molecule has 0 aromatic carbocycles. The predicted octanol–water partition coefficient (Wildman–Crippen LogP) is 0.957. The quantitative estimate of drug-likeness (QED) is 0.182. The lowest BCUT2D eigenvalue weighted by Gasteiger charge is -2.66. The average Bonchev–Trinajstić information content (AvgIpc) is 2.99. The van der Waals surface area contributed by atoms with E-state index in [4.69, 9.17) is 47.4 Å². The van der Waals surface area contributed by atoms with E-state index in [9.17, 15) is 28.8 Å². The van der Waals surface area contributed by atoms with Crippen LogP contribution in [0.1, 0.15) is 74.1 Å².